The van der Waals surface area contributed by atoms with Crippen LogP contribution in [0, 0.1) is 6.92 Å². The zero-order valence-corrected chi connectivity index (χ0v) is 21.9. The highest BCUT2D eigenvalue weighted by Crippen LogP contribution is 2.33. The maximum absolute atomic E-state index is 13.5. The first-order chi connectivity index (χ1) is 17.3. The number of benzene rings is 3. The first-order valence-electron chi connectivity index (χ1n) is 11.6. The van der Waals surface area contributed by atoms with E-state index in [1.54, 1.807) is 54.5 Å². The number of carbonyl (C=O) groups excluding carboxylic acids is 2. The Balaban J connectivity index is 1.61. The maximum Gasteiger partial charge on any atom is 0.254 e. The molecule has 6 nitrogen and oxygen atoms in total. The van der Waals surface area contributed by atoms with Gasteiger partial charge in [-0.1, -0.05) is 47.5 Å². The molecule has 36 heavy (non-hydrogen) atoms. The fraction of sp³-hybridized carbons (Fsp3) is 0.286. The van der Waals surface area contributed by atoms with Crippen molar-refractivity contribution in [2.45, 2.75) is 25.3 Å². The molecule has 8 heteroatoms. The number of ether oxygens (including phenoxy) is 2. The predicted octanol–water partition coefficient (Wildman–Crippen LogP) is 5.75. The van der Waals surface area contributed by atoms with E-state index in [1.165, 1.54) is 7.11 Å². The van der Waals surface area contributed by atoms with E-state index in [0.717, 1.165) is 11.1 Å². The van der Waals surface area contributed by atoms with Crippen LogP contribution in [-0.4, -0.2) is 50.1 Å². The third kappa shape index (κ3) is 5.45. The Morgan fingerprint density at radius 1 is 0.944 bits per heavy atom. The van der Waals surface area contributed by atoms with Crippen molar-refractivity contribution in [3.05, 3.63) is 93.0 Å². The second kappa shape index (κ2) is 11.2. The van der Waals surface area contributed by atoms with Gasteiger partial charge in [0.05, 0.1) is 24.8 Å². The van der Waals surface area contributed by atoms with Gasteiger partial charge in [0.1, 0.15) is 0 Å². The summed E-state index contributed by atoms with van der Waals surface area (Å²) in [6.45, 7) is 2.84. The third-order valence-electron chi connectivity index (χ3n) is 6.59. The van der Waals surface area contributed by atoms with Gasteiger partial charge in [0.15, 0.2) is 11.5 Å². The Morgan fingerprint density at radius 2 is 1.69 bits per heavy atom. The number of halogens is 2. The number of nitrogens with one attached hydrogen (secondary N) is 1. The molecule has 4 rings (SSSR count). The molecule has 0 unspecified atom stereocenters. The summed E-state index contributed by atoms with van der Waals surface area (Å²) in [6.07, 6.45) is 0.575. The van der Waals surface area contributed by atoms with Crippen molar-refractivity contribution in [2.75, 3.05) is 27.3 Å². The summed E-state index contributed by atoms with van der Waals surface area (Å²) in [5.74, 6) is 0.533. The van der Waals surface area contributed by atoms with Gasteiger partial charge < -0.3 is 19.7 Å². The smallest absolute Gasteiger partial charge is 0.254 e. The second-order valence-corrected chi connectivity index (χ2v) is 9.60. The first-order valence-corrected chi connectivity index (χ1v) is 12.4. The van der Waals surface area contributed by atoms with Gasteiger partial charge in [-0.3, -0.25) is 9.59 Å². The van der Waals surface area contributed by atoms with Gasteiger partial charge in [-0.05, 0) is 60.9 Å². The van der Waals surface area contributed by atoms with Crippen molar-refractivity contribution in [3.63, 3.8) is 0 Å². The normalized spacial score (nSPS) is 17.4. The predicted molar refractivity (Wildman–Crippen MR) is 142 cm³/mol. The van der Waals surface area contributed by atoms with Gasteiger partial charge in [0.2, 0.25) is 0 Å². The van der Waals surface area contributed by atoms with E-state index in [0.29, 0.717) is 52.2 Å². The molecular weight excluding hydrogens is 499 g/mol. The second-order valence-electron chi connectivity index (χ2n) is 8.78. The van der Waals surface area contributed by atoms with Gasteiger partial charge in [0, 0.05) is 35.6 Å². The molecule has 1 aliphatic heterocycles. The molecule has 0 spiro atoms. The summed E-state index contributed by atoms with van der Waals surface area (Å²) in [4.78, 5) is 28.3. The number of methoxy groups -OCH3 is 2. The number of rotatable bonds is 6. The zero-order chi connectivity index (χ0) is 25.8. The van der Waals surface area contributed by atoms with Gasteiger partial charge in [-0.15, -0.1) is 0 Å². The van der Waals surface area contributed by atoms with Crippen LogP contribution in [0.1, 0.15) is 44.2 Å². The average molecular weight is 527 g/mol. The molecule has 0 aliphatic carbocycles. The summed E-state index contributed by atoms with van der Waals surface area (Å²) < 4.78 is 10.7. The molecule has 188 valence electrons. The number of likely N-dealkylation sites (tertiary alicyclic amines) is 1. The quantitative estimate of drug-likeness (QED) is 0.444. The topological polar surface area (TPSA) is 67.9 Å². The molecule has 0 radical (unpaired) electrons. The fourth-order valence-corrected chi connectivity index (χ4v) is 4.94. The molecular formula is C28H28Cl2N2O4. The Hall–Kier alpha value is -3.22. The first kappa shape index (κ1) is 25.9. The van der Waals surface area contributed by atoms with Crippen LogP contribution in [0.15, 0.2) is 60.7 Å². The minimum absolute atomic E-state index is 0.116. The van der Waals surface area contributed by atoms with Crippen LogP contribution in [0.3, 0.4) is 0 Å². The standard InChI is InChI=1S/C28H28Cl2N2O4/c1-17-8-9-18(14-23(17)30)21-16-32(28(34)19-10-11-25(35-2)26(15-19)36-3)13-12-24(21)31-27(33)20-6-4-5-7-22(20)29/h4-11,14-15,21,24H,12-13,16H2,1-3H3,(H,31,33)/t21-,24+/m1/s1. The van der Waals surface area contributed by atoms with Crippen molar-refractivity contribution < 1.29 is 19.1 Å². The molecule has 1 N–H and O–H groups in total. The van der Waals surface area contributed by atoms with Crippen LogP contribution in [0.5, 0.6) is 11.5 Å². The van der Waals surface area contributed by atoms with Crippen molar-refractivity contribution >= 4 is 35.0 Å². The van der Waals surface area contributed by atoms with Crippen molar-refractivity contribution in [1.82, 2.24) is 10.2 Å². The molecule has 2 atom stereocenters. The molecule has 1 aliphatic rings. The van der Waals surface area contributed by atoms with E-state index >= 15 is 0 Å². The monoisotopic (exact) mass is 526 g/mol. The SMILES string of the molecule is COc1ccc(C(=O)N2CC[C@H](NC(=O)c3ccccc3Cl)[C@@H](c3ccc(C)c(Cl)c3)C2)cc1OC. The molecule has 3 aromatic carbocycles. The minimum Gasteiger partial charge on any atom is -0.493 e. The summed E-state index contributed by atoms with van der Waals surface area (Å²) in [5.41, 5.74) is 2.85. The van der Waals surface area contributed by atoms with Gasteiger partial charge >= 0.3 is 0 Å². The lowest BCUT2D eigenvalue weighted by Crippen LogP contribution is -2.51. The van der Waals surface area contributed by atoms with E-state index < -0.39 is 0 Å². The number of hydrogen-bond donors (Lipinski definition) is 1. The lowest BCUT2D eigenvalue weighted by molar-refractivity contribution is 0.0671. The number of amides is 2. The summed E-state index contributed by atoms with van der Waals surface area (Å²) >= 11 is 12.7. The molecule has 2 amide bonds. The highest BCUT2D eigenvalue weighted by Gasteiger charge is 2.34. The number of piperidine rings is 1. The molecule has 0 aromatic heterocycles. The Kier molecular flexibility index (Phi) is 8.07. The van der Waals surface area contributed by atoms with E-state index in [-0.39, 0.29) is 23.8 Å². The van der Waals surface area contributed by atoms with Crippen LogP contribution in [0.4, 0.5) is 0 Å². The van der Waals surface area contributed by atoms with Crippen LogP contribution in [0.25, 0.3) is 0 Å². The number of hydrogen-bond acceptors (Lipinski definition) is 4. The molecule has 1 fully saturated rings. The van der Waals surface area contributed by atoms with Gasteiger partial charge in [-0.25, -0.2) is 0 Å². The minimum atomic E-state index is -0.242. The molecule has 1 saturated heterocycles. The number of aryl methyl sites for hydroxylation is 1. The highest BCUT2D eigenvalue weighted by atomic mass is 35.5. The maximum atomic E-state index is 13.5. The van der Waals surface area contributed by atoms with E-state index in [1.807, 2.05) is 25.1 Å². The summed E-state index contributed by atoms with van der Waals surface area (Å²) in [6, 6.07) is 17.8. The van der Waals surface area contributed by atoms with E-state index in [4.69, 9.17) is 32.7 Å². The lowest BCUT2D eigenvalue weighted by Gasteiger charge is -2.39. The summed E-state index contributed by atoms with van der Waals surface area (Å²) in [5, 5.41) is 4.19. The van der Waals surface area contributed by atoms with Crippen LogP contribution >= 0.6 is 23.2 Å². The van der Waals surface area contributed by atoms with Crippen molar-refractivity contribution in [2.24, 2.45) is 0 Å². The van der Waals surface area contributed by atoms with Crippen LogP contribution < -0.4 is 14.8 Å². The average Bonchev–Trinajstić information content (AvgIpc) is 2.89. The number of nitrogens with zero attached hydrogens (tertiary/aromatic N) is 1. The lowest BCUT2D eigenvalue weighted by atomic mass is 9.85. The van der Waals surface area contributed by atoms with Gasteiger partial charge in [0.25, 0.3) is 11.8 Å². The Labute approximate surface area is 221 Å². The van der Waals surface area contributed by atoms with Crippen molar-refractivity contribution in [3.8, 4) is 11.5 Å². The van der Waals surface area contributed by atoms with Crippen LogP contribution in [0.2, 0.25) is 10.0 Å². The highest BCUT2D eigenvalue weighted by molar-refractivity contribution is 6.33. The Morgan fingerprint density at radius 3 is 2.39 bits per heavy atom. The molecule has 1 heterocycles. The molecule has 0 bridgehead atoms. The van der Waals surface area contributed by atoms with Gasteiger partial charge in [-0.2, -0.15) is 0 Å². The molecule has 0 saturated carbocycles. The Bertz CT molecular complexity index is 1280. The largest absolute Gasteiger partial charge is 0.493 e. The zero-order valence-electron chi connectivity index (χ0n) is 20.4. The fourth-order valence-electron chi connectivity index (χ4n) is 4.53. The van der Waals surface area contributed by atoms with E-state index in [2.05, 4.69) is 5.32 Å². The summed E-state index contributed by atoms with van der Waals surface area (Å²) in [7, 11) is 3.09. The number of carbonyl (C=O) groups is 2. The van der Waals surface area contributed by atoms with Crippen LogP contribution in [-0.2, 0) is 0 Å². The molecule has 3 aromatic rings. The van der Waals surface area contributed by atoms with E-state index in [9.17, 15) is 9.59 Å². The van der Waals surface area contributed by atoms with Crippen molar-refractivity contribution in [1.29, 1.82) is 0 Å². The third-order valence-corrected chi connectivity index (χ3v) is 7.33.